The van der Waals surface area contributed by atoms with E-state index < -0.39 is 0 Å². The van der Waals surface area contributed by atoms with E-state index in [-0.39, 0.29) is 36.1 Å². The van der Waals surface area contributed by atoms with E-state index in [0.29, 0.717) is 0 Å². The second-order valence-electron chi connectivity index (χ2n) is 6.09. The van der Waals surface area contributed by atoms with Crippen molar-refractivity contribution in [1.82, 2.24) is 9.88 Å². The molecule has 3 N–H and O–H groups in total. The van der Waals surface area contributed by atoms with E-state index in [9.17, 15) is 15.0 Å². The second-order valence-corrected chi connectivity index (χ2v) is 6.09. The average Bonchev–Trinajstić information content (AvgIpc) is 2.46. The van der Waals surface area contributed by atoms with E-state index in [1.165, 1.54) is 6.07 Å². The van der Waals surface area contributed by atoms with Crippen molar-refractivity contribution in [3.05, 3.63) is 34.2 Å². The predicted octanol–water partition coefficient (Wildman–Crippen LogP) is 0.296. The van der Waals surface area contributed by atoms with Crippen LogP contribution >= 0.6 is 0 Å². The lowest BCUT2D eigenvalue weighted by Crippen LogP contribution is -2.54. The van der Waals surface area contributed by atoms with Crippen LogP contribution in [0.2, 0.25) is 0 Å². The molecule has 5 nitrogen and oxygen atoms in total. The van der Waals surface area contributed by atoms with Crippen LogP contribution in [0.15, 0.2) is 23.0 Å². The molecule has 3 rings (SSSR count). The Bertz CT molecular complexity index is 508. The lowest BCUT2D eigenvalue weighted by Gasteiger charge is -2.48. The Morgan fingerprint density at radius 2 is 2.20 bits per heavy atom. The smallest absolute Gasteiger partial charge is 0.248 e. The summed E-state index contributed by atoms with van der Waals surface area (Å²) in [4.78, 5) is 16.7. The summed E-state index contributed by atoms with van der Waals surface area (Å²) in [6.07, 6.45) is 2.18. The number of aromatic nitrogens is 1. The van der Waals surface area contributed by atoms with Crippen molar-refractivity contribution in [2.24, 2.45) is 5.92 Å². The molecular formula is C15H22N2O3. The lowest BCUT2D eigenvalue weighted by atomic mass is 9.77. The van der Waals surface area contributed by atoms with Gasteiger partial charge >= 0.3 is 0 Å². The number of H-pyrrole nitrogens is 1. The van der Waals surface area contributed by atoms with Gasteiger partial charge in [-0.2, -0.15) is 0 Å². The molecule has 20 heavy (non-hydrogen) atoms. The fourth-order valence-electron chi connectivity index (χ4n) is 3.75. The van der Waals surface area contributed by atoms with Crippen molar-refractivity contribution in [2.45, 2.75) is 37.3 Å². The maximum atomic E-state index is 11.5. The zero-order valence-electron chi connectivity index (χ0n) is 11.5. The first-order chi connectivity index (χ1) is 9.67. The summed E-state index contributed by atoms with van der Waals surface area (Å²) in [5.74, 6) is 0.431. The topological polar surface area (TPSA) is 76.6 Å². The third-order valence-electron chi connectivity index (χ3n) is 4.78. The zero-order valence-corrected chi connectivity index (χ0v) is 11.5. The normalized spacial score (nSPS) is 34.7. The minimum Gasteiger partial charge on any atom is -0.396 e. The third-order valence-corrected chi connectivity index (χ3v) is 4.78. The van der Waals surface area contributed by atoms with Crippen molar-refractivity contribution < 1.29 is 10.2 Å². The number of rotatable bonds is 2. The van der Waals surface area contributed by atoms with E-state index in [1.54, 1.807) is 6.07 Å². The molecule has 1 aromatic rings. The van der Waals surface area contributed by atoms with E-state index in [4.69, 9.17) is 0 Å². The summed E-state index contributed by atoms with van der Waals surface area (Å²) in [6, 6.07) is 5.54. The minimum absolute atomic E-state index is 0.0701. The summed E-state index contributed by atoms with van der Waals surface area (Å²) in [6.45, 7) is 1.91. The van der Waals surface area contributed by atoms with Crippen molar-refractivity contribution in [2.75, 3.05) is 19.7 Å². The first-order valence-corrected chi connectivity index (χ1v) is 7.39. The van der Waals surface area contributed by atoms with Gasteiger partial charge in [0.2, 0.25) is 5.56 Å². The van der Waals surface area contributed by atoms with Gasteiger partial charge in [0.25, 0.3) is 0 Å². The lowest BCUT2D eigenvalue weighted by molar-refractivity contribution is -0.0262. The Hall–Kier alpha value is -1.17. The van der Waals surface area contributed by atoms with Crippen molar-refractivity contribution in [3.8, 4) is 0 Å². The molecule has 3 heterocycles. The van der Waals surface area contributed by atoms with Crippen LogP contribution in [0.1, 0.15) is 30.9 Å². The average molecular weight is 278 g/mol. The Balaban J connectivity index is 1.81. The van der Waals surface area contributed by atoms with Gasteiger partial charge in [-0.25, -0.2) is 0 Å². The van der Waals surface area contributed by atoms with Gasteiger partial charge in [0, 0.05) is 43.4 Å². The van der Waals surface area contributed by atoms with Gasteiger partial charge in [-0.3, -0.25) is 9.69 Å². The molecule has 0 saturated carbocycles. The molecule has 0 aliphatic carbocycles. The van der Waals surface area contributed by atoms with Crippen LogP contribution in [-0.4, -0.2) is 51.9 Å². The molecule has 0 aromatic carbocycles. The summed E-state index contributed by atoms with van der Waals surface area (Å²) >= 11 is 0. The van der Waals surface area contributed by atoms with E-state index in [2.05, 4.69) is 9.88 Å². The fourth-order valence-corrected chi connectivity index (χ4v) is 3.75. The molecule has 5 heteroatoms. The molecule has 2 aliphatic heterocycles. The summed E-state index contributed by atoms with van der Waals surface area (Å²) in [7, 11) is 0. The Morgan fingerprint density at radius 1 is 1.35 bits per heavy atom. The molecule has 2 fully saturated rings. The van der Waals surface area contributed by atoms with Crippen LogP contribution in [0.4, 0.5) is 0 Å². The van der Waals surface area contributed by atoms with Gasteiger partial charge in [0.1, 0.15) is 0 Å². The number of piperidine rings is 2. The molecule has 2 aliphatic rings. The molecule has 4 unspecified atom stereocenters. The first-order valence-electron chi connectivity index (χ1n) is 7.39. The van der Waals surface area contributed by atoms with Crippen LogP contribution in [0, 0.1) is 5.92 Å². The molecule has 4 atom stereocenters. The summed E-state index contributed by atoms with van der Waals surface area (Å²) < 4.78 is 0. The highest BCUT2D eigenvalue weighted by atomic mass is 16.3. The molecule has 0 radical (unpaired) electrons. The van der Waals surface area contributed by atoms with Crippen LogP contribution in [0.5, 0.6) is 0 Å². The Kier molecular flexibility index (Phi) is 3.92. The van der Waals surface area contributed by atoms with Crippen molar-refractivity contribution in [1.29, 1.82) is 0 Å². The maximum absolute atomic E-state index is 11.5. The largest absolute Gasteiger partial charge is 0.396 e. The van der Waals surface area contributed by atoms with Gasteiger partial charge in [0.05, 0.1) is 6.10 Å². The van der Waals surface area contributed by atoms with Crippen LogP contribution in [0.25, 0.3) is 0 Å². The molecular weight excluding hydrogens is 256 g/mol. The van der Waals surface area contributed by atoms with Gasteiger partial charge in [-0.05, 0) is 31.2 Å². The quantitative estimate of drug-likeness (QED) is 0.727. The molecule has 1 aromatic heterocycles. The van der Waals surface area contributed by atoms with Crippen LogP contribution in [-0.2, 0) is 0 Å². The fraction of sp³-hybridized carbons (Fsp3) is 0.667. The van der Waals surface area contributed by atoms with Crippen molar-refractivity contribution >= 4 is 0 Å². The molecule has 0 bridgehead atoms. The number of nitrogens with one attached hydrogen (secondary N) is 1. The predicted molar refractivity (Wildman–Crippen MR) is 75.6 cm³/mol. The number of aromatic amines is 1. The molecule has 0 spiro atoms. The van der Waals surface area contributed by atoms with Crippen LogP contribution in [0.3, 0.4) is 0 Å². The Labute approximate surface area is 118 Å². The number of aliphatic hydroxyl groups excluding tert-OH is 2. The van der Waals surface area contributed by atoms with E-state index >= 15 is 0 Å². The SMILES string of the molecule is O=c1cccc(C2CC(CO)C3CC(O)CCN3C2)[nH]1. The maximum Gasteiger partial charge on any atom is 0.248 e. The zero-order chi connectivity index (χ0) is 14.1. The van der Waals surface area contributed by atoms with Gasteiger partial charge < -0.3 is 15.2 Å². The van der Waals surface area contributed by atoms with Crippen molar-refractivity contribution in [3.63, 3.8) is 0 Å². The summed E-state index contributed by atoms with van der Waals surface area (Å²) in [5.41, 5.74) is 0.889. The highest BCUT2D eigenvalue weighted by Crippen LogP contribution is 2.37. The number of aliphatic hydroxyl groups is 2. The number of nitrogens with zero attached hydrogens (tertiary/aromatic N) is 1. The number of pyridine rings is 1. The second kappa shape index (κ2) is 5.68. The van der Waals surface area contributed by atoms with Gasteiger partial charge in [-0.1, -0.05) is 6.07 Å². The highest BCUT2D eigenvalue weighted by molar-refractivity contribution is 5.13. The molecule has 110 valence electrons. The van der Waals surface area contributed by atoms with Gasteiger partial charge in [-0.15, -0.1) is 0 Å². The van der Waals surface area contributed by atoms with Crippen LogP contribution < -0.4 is 5.56 Å². The number of hydrogen-bond acceptors (Lipinski definition) is 4. The number of hydrogen-bond donors (Lipinski definition) is 3. The number of fused-ring (bicyclic) bond motifs is 1. The third kappa shape index (κ3) is 2.66. The Morgan fingerprint density at radius 3 is 2.95 bits per heavy atom. The van der Waals surface area contributed by atoms with Gasteiger partial charge in [0.15, 0.2) is 0 Å². The minimum atomic E-state index is -0.238. The van der Waals surface area contributed by atoms with E-state index in [0.717, 1.165) is 38.0 Å². The standard InChI is InChI=1S/C15H22N2O3/c18-9-11-6-10(13-2-1-3-15(20)16-13)8-17-5-4-12(19)7-14(11)17/h1-3,10-12,14,18-19H,4-9H2,(H,16,20). The van der Waals surface area contributed by atoms with E-state index in [1.807, 2.05) is 6.07 Å². The monoisotopic (exact) mass is 278 g/mol. The molecule has 2 saturated heterocycles. The highest BCUT2D eigenvalue weighted by Gasteiger charge is 2.39. The summed E-state index contributed by atoms with van der Waals surface area (Å²) in [5, 5.41) is 19.5. The molecule has 0 amide bonds. The first kappa shape index (κ1) is 13.8.